The van der Waals surface area contributed by atoms with Gasteiger partial charge in [-0.25, -0.2) is 4.98 Å². The minimum atomic E-state index is -0.170. The minimum absolute atomic E-state index is 0.170. The van der Waals surface area contributed by atoms with E-state index in [4.69, 9.17) is 0 Å². The van der Waals surface area contributed by atoms with Crippen molar-refractivity contribution in [1.82, 2.24) is 4.98 Å². The van der Waals surface area contributed by atoms with Crippen LogP contribution in [-0.4, -0.2) is 10.9 Å². The Balaban J connectivity index is 1.67. The molecule has 0 spiro atoms. The molecular formula is C20H14N2OS. The molecule has 0 aliphatic heterocycles. The van der Waals surface area contributed by atoms with Crippen LogP contribution in [0.2, 0.25) is 0 Å². The highest BCUT2D eigenvalue weighted by Crippen LogP contribution is 2.11. The number of pyridine rings is 1. The lowest BCUT2D eigenvalue weighted by Crippen LogP contribution is -2.07. The van der Waals surface area contributed by atoms with Crippen LogP contribution >= 0.6 is 11.3 Å². The Kier molecular flexibility index (Phi) is 5.18. The van der Waals surface area contributed by atoms with Crippen LogP contribution in [0.15, 0.2) is 71.6 Å². The predicted molar refractivity (Wildman–Crippen MR) is 98.6 cm³/mol. The number of aromatic nitrogens is 1. The second kappa shape index (κ2) is 7.91. The highest BCUT2D eigenvalue weighted by atomic mass is 32.1. The molecular weight excluding hydrogens is 316 g/mol. The van der Waals surface area contributed by atoms with E-state index in [9.17, 15) is 4.79 Å². The van der Waals surface area contributed by atoms with Gasteiger partial charge in [-0.05, 0) is 64.7 Å². The summed E-state index contributed by atoms with van der Waals surface area (Å²) in [6, 6.07) is 15.0. The van der Waals surface area contributed by atoms with Gasteiger partial charge in [-0.1, -0.05) is 18.1 Å². The first-order valence-electron chi connectivity index (χ1n) is 7.34. The average molecular weight is 330 g/mol. The Morgan fingerprint density at radius 3 is 2.88 bits per heavy atom. The van der Waals surface area contributed by atoms with Crippen molar-refractivity contribution in [3.63, 3.8) is 0 Å². The Hall–Kier alpha value is -3.16. The van der Waals surface area contributed by atoms with Crippen molar-refractivity contribution in [3.05, 3.63) is 88.4 Å². The fourth-order valence-electron chi connectivity index (χ4n) is 1.97. The summed E-state index contributed by atoms with van der Waals surface area (Å²) in [6.45, 7) is 0. The molecule has 0 radical (unpaired) electrons. The van der Waals surface area contributed by atoms with Crippen molar-refractivity contribution in [3.8, 4) is 11.8 Å². The third kappa shape index (κ3) is 4.67. The highest BCUT2D eigenvalue weighted by Gasteiger charge is 1.99. The molecule has 116 valence electrons. The van der Waals surface area contributed by atoms with Gasteiger partial charge in [0.1, 0.15) is 5.69 Å². The van der Waals surface area contributed by atoms with Crippen molar-refractivity contribution in [2.24, 2.45) is 0 Å². The van der Waals surface area contributed by atoms with Crippen LogP contribution < -0.4 is 5.32 Å². The van der Waals surface area contributed by atoms with Crippen molar-refractivity contribution < 1.29 is 4.79 Å². The molecule has 4 heteroatoms. The molecule has 3 aromatic rings. The first-order valence-corrected chi connectivity index (χ1v) is 8.28. The first kappa shape index (κ1) is 15.7. The number of hydrogen-bond acceptors (Lipinski definition) is 3. The first-order chi connectivity index (χ1) is 11.8. The Bertz CT molecular complexity index is 904. The van der Waals surface area contributed by atoms with Crippen LogP contribution in [0.1, 0.15) is 16.8 Å². The zero-order valence-electron chi connectivity index (χ0n) is 12.8. The number of nitrogens with zero attached hydrogens (tertiary/aromatic N) is 1. The number of carbonyl (C=O) groups is 1. The largest absolute Gasteiger partial charge is 0.322 e. The van der Waals surface area contributed by atoms with E-state index in [0.29, 0.717) is 11.4 Å². The van der Waals surface area contributed by atoms with Gasteiger partial charge in [0, 0.05) is 23.5 Å². The molecule has 0 aliphatic rings. The van der Waals surface area contributed by atoms with E-state index < -0.39 is 0 Å². The second-order valence-corrected chi connectivity index (χ2v) is 5.71. The number of thiophene rings is 1. The van der Waals surface area contributed by atoms with Crippen molar-refractivity contribution in [1.29, 1.82) is 0 Å². The van der Waals surface area contributed by atoms with Gasteiger partial charge < -0.3 is 5.32 Å². The summed E-state index contributed by atoms with van der Waals surface area (Å²) in [5.41, 5.74) is 3.26. The fraction of sp³-hybridized carbons (Fsp3) is 0. The van der Waals surface area contributed by atoms with E-state index in [-0.39, 0.29) is 5.91 Å². The fourth-order valence-corrected chi connectivity index (χ4v) is 2.60. The number of nitrogens with one attached hydrogen (secondary N) is 1. The zero-order valence-corrected chi connectivity index (χ0v) is 13.6. The predicted octanol–water partition coefficient (Wildman–Crippen LogP) is 4.19. The van der Waals surface area contributed by atoms with Gasteiger partial charge in [-0.2, -0.15) is 11.3 Å². The Morgan fingerprint density at radius 1 is 1.12 bits per heavy atom. The summed E-state index contributed by atoms with van der Waals surface area (Å²) in [5, 5.41) is 6.79. The molecule has 1 N–H and O–H groups in total. The number of carbonyl (C=O) groups excluding carboxylic acids is 1. The van der Waals surface area contributed by atoms with Crippen LogP contribution in [0.25, 0.3) is 6.08 Å². The summed E-state index contributed by atoms with van der Waals surface area (Å²) < 4.78 is 0. The van der Waals surface area contributed by atoms with Crippen LogP contribution in [-0.2, 0) is 4.79 Å². The summed E-state index contributed by atoms with van der Waals surface area (Å²) in [5.74, 6) is 5.88. The van der Waals surface area contributed by atoms with Gasteiger partial charge in [0.2, 0.25) is 5.91 Å². The molecule has 3 rings (SSSR count). The summed E-state index contributed by atoms with van der Waals surface area (Å²) >= 11 is 1.60. The number of benzene rings is 1. The average Bonchev–Trinajstić information content (AvgIpc) is 3.13. The van der Waals surface area contributed by atoms with E-state index >= 15 is 0 Å². The molecule has 2 aromatic heterocycles. The molecule has 0 aliphatic carbocycles. The molecule has 0 atom stereocenters. The topological polar surface area (TPSA) is 42.0 Å². The summed E-state index contributed by atoms with van der Waals surface area (Å²) in [4.78, 5) is 16.1. The number of rotatable bonds is 3. The molecule has 0 saturated carbocycles. The molecule has 24 heavy (non-hydrogen) atoms. The van der Waals surface area contributed by atoms with Gasteiger partial charge in [0.15, 0.2) is 0 Å². The lowest BCUT2D eigenvalue weighted by atomic mass is 10.2. The van der Waals surface area contributed by atoms with Crippen LogP contribution in [0, 0.1) is 11.8 Å². The van der Waals surface area contributed by atoms with Crippen LogP contribution in [0.4, 0.5) is 5.69 Å². The second-order valence-electron chi connectivity index (χ2n) is 4.93. The highest BCUT2D eigenvalue weighted by molar-refractivity contribution is 7.08. The van der Waals surface area contributed by atoms with Crippen molar-refractivity contribution in [2.75, 3.05) is 5.32 Å². The molecule has 0 fully saturated rings. The molecule has 1 amide bonds. The molecule has 0 unspecified atom stereocenters. The number of hydrogen-bond donors (Lipinski definition) is 1. The normalized spacial score (nSPS) is 10.2. The van der Waals surface area contributed by atoms with E-state index in [1.54, 1.807) is 23.6 Å². The third-order valence-corrected chi connectivity index (χ3v) is 3.80. The lowest BCUT2D eigenvalue weighted by molar-refractivity contribution is -0.111. The van der Waals surface area contributed by atoms with Crippen molar-refractivity contribution >= 4 is 29.0 Å². The standard InChI is InChI=1S/C20H14N2OS/c23-20(10-8-17-11-13-24-15-17)22-19-6-3-4-16(14-19)7-9-18-5-1-2-12-21-18/h1-6,8,10-15H,(H,22,23)/b10-8+. The SMILES string of the molecule is O=C(/C=C/c1ccsc1)Nc1cccc(C#Cc2ccccn2)c1. The lowest BCUT2D eigenvalue weighted by Gasteiger charge is -2.02. The monoisotopic (exact) mass is 330 g/mol. The number of anilines is 1. The maximum Gasteiger partial charge on any atom is 0.248 e. The van der Waals surface area contributed by atoms with Crippen molar-refractivity contribution in [2.45, 2.75) is 0 Å². The molecule has 2 heterocycles. The van der Waals surface area contributed by atoms with Gasteiger partial charge in [0.05, 0.1) is 0 Å². The van der Waals surface area contributed by atoms with Crippen LogP contribution in [0.3, 0.4) is 0 Å². The van der Waals surface area contributed by atoms with Gasteiger partial charge in [-0.3, -0.25) is 4.79 Å². The molecule has 0 saturated heterocycles. The van der Waals surface area contributed by atoms with Gasteiger partial charge in [-0.15, -0.1) is 0 Å². The van der Waals surface area contributed by atoms with E-state index in [2.05, 4.69) is 22.1 Å². The minimum Gasteiger partial charge on any atom is -0.322 e. The third-order valence-electron chi connectivity index (χ3n) is 3.10. The van der Waals surface area contributed by atoms with Gasteiger partial charge in [0.25, 0.3) is 0 Å². The maximum atomic E-state index is 12.0. The Labute approximate surface area is 144 Å². The smallest absolute Gasteiger partial charge is 0.248 e. The van der Waals surface area contributed by atoms with E-state index in [1.807, 2.05) is 59.3 Å². The van der Waals surface area contributed by atoms with E-state index in [0.717, 1.165) is 11.1 Å². The quantitative estimate of drug-likeness (QED) is 0.578. The summed E-state index contributed by atoms with van der Waals surface area (Å²) in [6.07, 6.45) is 5.02. The Morgan fingerprint density at radius 2 is 2.08 bits per heavy atom. The zero-order chi connectivity index (χ0) is 16.6. The van der Waals surface area contributed by atoms with Gasteiger partial charge >= 0.3 is 0 Å². The number of amides is 1. The summed E-state index contributed by atoms with van der Waals surface area (Å²) in [7, 11) is 0. The van der Waals surface area contributed by atoms with Crippen LogP contribution in [0.5, 0.6) is 0 Å². The van der Waals surface area contributed by atoms with E-state index in [1.165, 1.54) is 6.08 Å². The molecule has 1 aromatic carbocycles. The maximum absolute atomic E-state index is 12.0. The molecule has 3 nitrogen and oxygen atoms in total. The molecule has 0 bridgehead atoms.